The Hall–Kier alpha value is -3.60. The lowest BCUT2D eigenvalue weighted by molar-refractivity contribution is 0.103. The summed E-state index contributed by atoms with van der Waals surface area (Å²) in [7, 11) is 0. The van der Waals surface area contributed by atoms with Crippen LogP contribution in [0.3, 0.4) is 0 Å². The largest absolute Gasteiger partial charge is 0.340 e. The lowest BCUT2D eigenvalue weighted by Crippen LogP contribution is -2.20. The Labute approximate surface area is 162 Å². The molecule has 0 atom stereocenters. The van der Waals surface area contributed by atoms with E-state index >= 15 is 0 Å². The Morgan fingerprint density at radius 3 is 2.61 bits per heavy atom. The van der Waals surface area contributed by atoms with Crippen LogP contribution in [0.25, 0.3) is 10.9 Å². The molecular formula is C23H19N3O2. The van der Waals surface area contributed by atoms with Crippen LogP contribution in [0.4, 0.5) is 0 Å². The van der Waals surface area contributed by atoms with Gasteiger partial charge in [0.1, 0.15) is 0 Å². The van der Waals surface area contributed by atoms with Gasteiger partial charge in [-0.15, -0.1) is 0 Å². The number of fused-ring (bicyclic) bond motifs is 1. The van der Waals surface area contributed by atoms with Crippen molar-refractivity contribution >= 4 is 16.7 Å². The van der Waals surface area contributed by atoms with Crippen molar-refractivity contribution in [3.63, 3.8) is 0 Å². The average Bonchev–Trinajstić information content (AvgIpc) is 2.72. The van der Waals surface area contributed by atoms with E-state index in [9.17, 15) is 9.59 Å². The predicted octanol–water partition coefficient (Wildman–Crippen LogP) is 3.69. The molecule has 4 rings (SSSR count). The van der Waals surface area contributed by atoms with Crippen LogP contribution in [0.15, 0.2) is 72.0 Å². The third-order valence-electron chi connectivity index (χ3n) is 4.95. The molecule has 0 spiro atoms. The zero-order valence-corrected chi connectivity index (χ0v) is 15.7. The first kappa shape index (κ1) is 17.8. The van der Waals surface area contributed by atoms with Gasteiger partial charge in [0.05, 0.1) is 29.5 Å². The fourth-order valence-electron chi connectivity index (χ4n) is 3.26. The normalized spacial score (nSPS) is 10.9. The van der Waals surface area contributed by atoms with E-state index in [1.165, 1.54) is 0 Å². The third kappa shape index (κ3) is 3.22. The first-order valence-corrected chi connectivity index (χ1v) is 9.03. The highest BCUT2D eigenvalue weighted by Crippen LogP contribution is 2.17. The van der Waals surface area contributed by atoms with E-state index in [0.717, 1.165) is 22.3 Å². The summed E-state index contributed by atoms with van der Waals surface area (Å²) < 4.78 is 1.88. The molecule has 0 saturated carbocycles. The molecule has 0 N–H and O–H groups in total. The number of rotatable bonds is 4. The molecule has 0 radical (unpaired) electrons. The fourth-order valence-corrected chi connectivity index (χ4v) is 3.26. The molecule has 0 aliphatic rings. The van der Waals surface area contributed by atoms with E-state index in [2.05, 4.69) is 9.97 Å². The molecule has 0 amide bonds. The van der Waals surface area contributed by atoms with Crippen molar-refractivity contribution in [1.82, 2.24) is 14.5 Å². The molecule has 28 heavy (non-hydrogen) atoms. The Morgan fingerprint density at radius 1 is 1.04 bits per heavy atom. The van der Waals surface area contributed by atoms with Crippen molar-refractivity contribution in [2.45, 2.75) is 20.4 Å². The molecule has 0 aliphatic heterocycles. The SMILES string of the molecule is Cc1ccc(C(=O)c2cn(Cc3cnccn3)c3ccccc3c2=O)cc1C. The molecule has 2 aromatic heterocycles. The van der Waals surface area contributed by atoms with Gasteiger partial charge in [0.15, 0.2) is 5.78 Å². The van der Waals surface area contributed by atoms with Crippen LogP contribution < -0.4 is 5.43 Å². The van der Waals surface area contributed by atoms with Gasteiger partial charge in [0.2, 0.25) is 5.43 Å². The highest BCUT2D eigenvalue weighted by atomic mass is 16.1. The molecule has 5 heteroatoms. The smallest absolute Gasteiger partial charge is 0.200 e. The van der Waals surface area contributed by atoms with E-state index in [1.807, 2.05) is 42.7 Å². The summed E-state index contributed by atoms with van der Waals surface area (Å²) in [6, 6.07) is 12.8. The molecule has 0 saturated heterocycles. The van der Waals surface area contributed by atoms with Crippen LogP contribution in [0, 0.1) is 13.8 Å². The first-order valence-electron chi connectivity index (χ1n) is 9.03. The summed E-state index contributed by atoms with van der Waals surface area (Å²) in [5.41, 5.74) is 4.05. The van der Waals surface area contributed by atoms with Crippen LogP contribution in [-0.4, -0.2) is 20.3 Å². The van der Waals surface area contributed by atoms with E-state index in [1.54, 1.807) is 43.0 Å². The van der Waals surface area contributed by atoms with Gasteiger partial charge in [-0.2, -0.15) is 0 Å². The molecule has 5 nitrogen and oxygen atoms in total. The molecular weight excluding hydrogens is 350 g/mol. The summed E-state index contributed by atoms with van der Waals surface area (Å²) in [5, 5.41) is 0.515. The minimum absolute atomic E-state index is 0.158. The second kappa shape index (κ2) is 7.19. The number of hydrogen-bond acceptors (Lipinski definition) is 4. The molecule has 4 aromatic rings. The van der Waals surface area contributed by atoms with Gasteiger partial charge in [-0.1, -0.05) is 24.3 Å². The zero-order chi connectivity index (χ0) is 19.7. The molecule has 0 aliphatic carbocycles. The van der Waals surface area contributed by atoms with E-state index < -0.39 is 0 Å². The summed E-state index contributed by atoms with van der Waals surface area (Å²) in [5.74, 6) is -0.272. The standard InChI is InChI=1S/C23H19N3O2/c1-15-7-8-17(11-16(15)2)22(27)20-14-26(13-18-12-24-9-10-25-18)21-6-4-3-5-19(21)23(20)28/h3-12,14H,13H2,1-2H3. The number of para-hydroxylation sites is 1. The van der Waals surface area contributed by atoms with Crippen LogP contribution in [0.1, 0.15) is 32.7 Å². The number of carbonyl (C=O) groups excluding carboxylic acids is 1. The minimum Gasteiger partial charge on any atom is -0.340 e. The molecule has 0 fully saturated rings. The number of nitrogens with zero attached hydrogens (tertiary/aromatic N) is 3. The summed E-state index contributed by atoms with van der Waals surface area (Å²) in [6.07, 6.45) is 6.55. The number of ketones is 1. The van der Waals surface area contributed by atoms with Crippen LogP contribution in [-0.2, 0) is 6.54 Å². The van der Waals surface area contributed by atoms with Gasteiger partial charge in [-0.3, -0.25) is 19.6 Å². The van der Waals surface area contributed by atoms with Gasteiger partial charge in [0.25, 0.3) is 0 Å². The van der Waals surface area contributed by atoms with E-state index in [-0.39, 0.29) is 16.8 Å². The topological polar surface area (TPSA) is 64.8 Å². The number of hydrogen-bond donors (Lipinski definition) is 0. The lowest BCUT2D eigenvalue weighted by Gasteiger charge is -2.13. The Balaban J connectivity index is 1.89. The predicted molar refractivity (Wildman–Crippen MR) is 109 cm³/mol. The van der Waals surface area contributed by atoms with Crippen LogP contribution in [0.2, 0.25) is 0 Å². The average molecular weight is 369 g/mol. The van der Waals surface area contributed by atoms with Crippen LogP contribution >= 0.6 is 0 Å². The van der Waals surface area contributed by atoms with Gasteiger partial charge >= 0.3 is 0 Å². The second-order valence-electron chi connectivity index (χ2n) is 6.84. The summed E-state index contributed by atoms with van der Waals surface area (Å²) in [4.78, 5) is 34.6. The van der Waals surface area contributed by atoms with Crippen molar-refractivity contribution in [3.8, 4) is 0 Å². The quantitative estimate of drug-likeness (QED) is 0.515. The molecule has 138 valence electrons. The van der Waals surface area contributed by atoms with Gasteiger partial charge in [0, 0.05) is 29.5 Å². The number of benzene rings is 2. The Bertz CT molecular complexity index is 1240. The Kier molecular flexibility index (Phi) is 4.57. The number of aryl methyl sites for hydroxylation is 2. The third-order valence-corrected chi connectivity index (χ3v) is 4.95. The fraction of sp³-hybridized carbons (Fsp3) is 0.130. The van der Waals surface area contributed by atoms with Crippen molar-refractivity contribution < 1.29 is 4.79 Å². The van der Waals surface area contributed by atoms with Crippen molar-refractivity contribution in [2.24, 2.45) is 0 Å². The monoisotopic (exact) mass is 369 g/mol. The van der Waals surface area contributed by atoms with Gasteiger partial charge in [-0.05, 0) is 43.2 Å². The van der Waals surface area contributed by atoms with Gasteiger partial charge in [-0.25, -0.2) is 0 Å². The highest BCUT2D eigenvalue weighted by Gasteiger charge is 2.17. The molecule has 2 heterocycles. The maximum atomic E-state index is 13.1. The molecule has 2 aromatic carbocycles. The summed E-state index contributed by atoms with van der Waals surface area (Å²) >= 11 is 0. The zero-order valence-electron chi connectivity index (χ0n) is 15.7. The highest BCUT2D eigenvalue weighted by molar-refractivity contribution is 6.10. The van der Waals surface area contributed by atoms with Crippen molar-refractivity contribution in [2.75, 3.05) is 0 Å². The van der Waals surface area contributed by atoms with Crippen LogP contribution in [0.5, 0.6) is 0 Å². The second-order valence-corrected chi connectivity index (χ2v) is 6.84. The Morgan fingerprint density at radius 2 is 1.86 bits per heavy atom. The molecule has 0 bridgehead atoms. The number of carbonyl (C=O) groups is 1. The number of aromatic nitrogens is 3. The van der Waals surface area contributed by atoms with Crippen molar-refractivity contribution in [1.29, 1.82) is 0 Å². The molecule has 0 unspecified atom stereocenters. The van der Waals surface area contributed by atoms with Gasteiger partial charge < -0.3 is 4.57 Å². The first-order chi connectivity index (χ1) is 13.5. The van der Waals surface area contributed by atoms with E-state index in [4.69, 9.17) is 0 Å². The van der Waals surface area contributed by atoms with Crippen molar-refractivity contribution in [3.05, 3.63) is 105 Å². The van der Waals surface area contributed by atoms with E-state index in [0.29, 0.717) is 17.5 Å². The number of pyridine rings is 1. The summed E-state index contributed by atoms with van der Waals surface area (Å²) in [6.45, 7) is 4.37. The lowest BCUT2D eigenvalue weighted by atomic mass is 9.99. The maximum Gasteiger partial charge on any atom is 0.200 e. The minimum atomic E-state index is -0.272. The maximum absolute atomic E-state index is 13.1.